The van der Waals surface area contributed by atoms with E-state index in [1.165, 1.54) is 53.7 Å². The Balaban J connectivity index is 0.000000996. The van der Waals surface area contributed by atoms with Gasteiger partial charge in [-0.25, -0.2) is 4.79 Å². The summed E-state index contributed by atoms with van der Waals surface area (Å²) >= 11 is 0. The second-order valence-electron chi connectivity index (χ2n) is 11.4. The summed E-state index contributed by atoms with van der Waals surface area (Å²) < 4.78 is 17.4. The molecule has 2 aromatic carbocycles. The molecule has 1 saturated heterocycles. The molecular weight excluding hydrogens is 552 g/mol. The van der Waals surface area contributed by atoms with Gasteiger partial charge in [0.25, 0.3) is 0 Å². The van der Waals surface area contributed by atoms with E-state index in [4.69, 9.17) is 29.2 Å². The molecule has 2 aromatic rings. The van der Waals surface area contributed by atoms with Gasteiger partial charge in [0.05, 0.1) is 20.3 Å². The van der Waals surface area contributed by atoms with Crippen molar-refractivity contribution >= 4 is 18.0 Å². The van der Waals surface area contributed by atoms with E-state index in [-0.39, 0.29) is 25.0 Å². The van der Waals surface area contributed by atoms with Crippen LogP contribution in [0.4, 0.5) is 4.79 Å². The van der Waals surface area contributed by atoms with Crippen molar-refractivity contribution in [1.29, 1.82) is 0 Å². The Morgan fingerprint density at radius 1 is 1.02 bits per heavy atom. The molecule has 2 heterocycles. The lowest BCUT2D eigenvalue weighted by Gasteiger charge is -2.36. The summed E-state index contributed by atoms with van der Waals surface area (Å²) in [7, 11) is 1.65. The van der Waals surface area contributed by atoms with E-state index in [2.05, 4.69) is 42.2 Å². The Bertz CT molecular complexity index is 1240. The number of likely N-dealkylation sites (tertiary alicyclic amines) is 1. The highest BCUT2D eigenvalue weighted by Crippen LogP contribution is 2.36. The van der Waals surface area contributed by atoms with Gasteiger partial charge in [0.1, 0.15) is 12.4 Å². The summed E-state index contributed by atoms with van der Waals surface area (Å²) in [5.41, 5.74) is 3.88. The number of ether oxygens (including phenoxy) is 3. The third-order valence-electron chi connectivity index (χ3n) is 8.48. The molecule has 10 nitrogen and oxygen atoms in total. The second kappa shape index (κ2) is 15.6. The first-order valence-corrected chi connectivity index (χ1v) is 15.3. The van der Waals surface area contributed by atoms with E-state index in [1.54, 1.807) is 7.11 Å². The van der Waals surface area contributed by atoms with Crippen LogP contribution in [0.2, 0.25) is 0 Å². The summed E-state index contributed by atoms with van der Waals surface area (Å²) in [6.07, 6.45) is 7.43. The highest BCUT2D eigenvalue weighted by atomic mass is 16.6. The molecule has 0 spiro atoms. The van der Waals surface area contributed by atoms with Crippen LogP contribution in [0, 0.1) is 5.92 Å². The van der Waals surface area contributed by atoms with Gasteiger partial charge in [0.2, 0.25) is 11.8 Å². The van der Waals surface area contributed by atoms with Crippen LogP contribution in [0.1, 0.15) is 81.0 Å². The number of carbonyl (C=O) groups is 3. The number of amides is 2. The fourth-order valence-corrected chi connectivity index (χ4v) is 6.41. The fourth-order valence-electron chi connectivity index (χ4n) is 6.41. The summed E-state index contributed by atoms with van der Waals surface area (Å²) in [5, 5.41) is 13.9. The Labute approximate surface area is 253 Å². The van der Waals surface area contributed by atoms with Crippen LogP contribution in [0.15, 0.2) is 36.4 Å². The third kappa shape index (κ3) is 8.86. The highest BCUT2D eigenvalue weighted by Gasteiger charge is 2.29. The predicted octanol–water partition coefficient (Wildman–Crippen LogP) is 5.91. The molecular formula is C33H44N2O8. The van der Waals surface area contributed by atoms with Gasteiger partial charge in [-0.1, -0.05) is 44.4 Å². The lowest BCUT2D eigenvalue weighted by molar-refractivity contribution is -0.138. The Morgan fingerprint density at radius 3 is 2.42 bits per heavy atom. The van der Waals surface area contributed by atoms with Crippen molar-refractivity contribution in [2.45, 2.75) is 77.3 Å². The molecule has 1 unspecified atom stereocenters. The van der Waals surface area contributed by atoms with Gasteiger partial charge >= 0.3 is 6.16 Å². The standard InChI is InChI=1S/C32H42N2O5.CH2O3/c1-3-27(25-10-12-28-26(20-25)15-17-38-28)33(21-23-7-5-4-6-8-23)22-24-9-11-29(30(19-24)37-2)39-18-16-34-31(35)13-14-32(34)36;2-1(3)4/h9-12,19-20,23,27H,3-8,13-18,21-22H2,1-2H3;(H2,2,3,4). The molecule has 2 aliphatic heterocycles. The molecule has 5 rings (SSSR count). The average molecular weight is 597 g/mol. The van der Waals surface area contributed by atoms with Crippen LogP contribution in [0.3, 0.4) is 0 Å². The number of fused-ring (bicyclic) bond motifs is 1. The van der Waals surface area contributed by atoms with Crippen molar-refractivity contribution in [3.63, 3.8) is 0 Å². The van der Waals surface area contributed by atoms with Gasteiger partial charge in [-0.05, 0) is 60.1 Å². The van der Waals surface area contributed by atoms with Crippen molar-refractivity contribution in [2.75, 3.05) is 33.4 Å². The van der Waals surface area contributed by atoms with Crippen LogP contribution >= 0.6 is 0 Å². The number of carboxylic acid groups (broad SMARTS) is 2. The first-order chi connectivity index (χ1) is 20.8. The van der Waals surface area contributed by atoms with Gasteiger partial charge in [-0.15, -0.1) is 0 Å². The number of methoxy groups -OCH3 is 1. The zero-order valence-electron chi connectivity index (χ0n) is 25.3. The predicted molar refractivity (Wildman–Crippen MR) is 161 cm³/mol. The fraction of sp³-hybridized carbons (Fsp3) is 0.545. The smallest absolute Gasteiger partial charge is 0.493 e. The topological polar surface area (TPSA) is 126 Å². The summed E-state index contributed by atoms with van der Waals surface area (Å²) in [5.74, 6) is 2.82. The minimum atomic E-state index is -1.83. The average Bonchev–Trinajstić information content (AvgIpc) is 3.59. The lowest BCUT2D eigenvalue weighted by Crippen LogP contribution is -2.34. The number of carbonyl (C=O) groups excluding carboxylic acids is 2. The number of rotatable bonds is 12. The molecule has 2 fully saturated rings. The van der Waals surface area contributed by atoms with E-state index >= 15 is 0 Å². The first kappa shape index (κ1) is 32.1. The molecule has 1 atom stereocenters. The van der Waals surface area contributed by atoms with Gasteiger partial charge in [-0.3, -0.25) is 19.4 Å². The van der Waals surface area contributed by atoms with E-state index < -0.39 is 6.16 Å². The maximum atomic E-state index is 11.9. The number of hydrogen-bond donors (Lipinski definition) is 2. The van der Waals surface area contributed by atoms with E-state index in [0.717, 1.165) is 44.2 Å². The van der Waals surface area contributed by atoms with Gasteiger partial charge in [-0.2, -0.15) is 0 Å². The molecule has 1 saturated carbocycles. The van der Waals surface area contributed by atoms with Crippen LogP contribution in [-0.2, 0) is 22.6 Å². The minimum absolute atomic E-state index is 0.120. The van der Waals surface area contributed by atoms with Crippen molar-refractivity contribution in [2.24, 2.45) is 5.92 Å². The number of hydrogen-bond acceptors (Lipinski definition) is 7. The zero-order chi connectivity index (χ0) is 30.8. The van der Waals surface area contributed by atoms with Gasteiger partial charge in [0.15, 0.2) is 11.5 Å². The molecule has 0 bridgehead atoms. The summed E-state index contributed by atoms with van der Waals surface area (Å²) in [6, 6.07) is 13.2. The molecule has 1 aliphatic carbocycles. The number of imide groups is 1. The quantitative estimate of drug-likeness (QED) is 0.287. The molecule has 3 aliphatic rings. The van der Waals surface area contributed by atoms with Crippen LogP contribution in [-0.4, -0.2) is 71.4 Å². The zero-order valence-corrected chi connectivity index (χ0v) is 25.3. The number of nitrogens with zero attached hydrogens (tertiary/aromatic N) is 2. The maximum Gasteiger partial charge on any atom is 0.503 e. The second-order valence-corrected chi connectivity index (χ2v) is 11.4. The third-order valence-corrected chi connectivity index (χ3v) is 8.48. The molecule has 10 heteroatoms. The maximum absolute atomic E-state index is 11.9. The lowest BCUT2D eigenvalue weighted by atomic mass is 9.88. The van der Waals surface area contributed by atoms with Gasteiger partial charge in [0, 0.05) is 38.4 Å². The summed E-state index contributed by atoms with van der Waals surface area (Å²) in [6.45, 7) is 5.50. The van der Waals surface area contributed by atoms with Crippen molar-refractivity contribution in [1.82, 2.24) is 9.80 Å². The SMILES string of the molecule is CCC(c1ccc2c(c1)CCO2)N(Cc1ccc(OCCN2C(=O)CCC2=O)c(OC)c1)CC1CCCCC1.O=C(O)O. The summed E-state index contributed by atoms with van der Waals surface area (Å²) in [4.78, 5) is 36.3. The van der Waals surface area contributed by atoms with Crippen molar-refractivity contribution in [3.05, 3.63) is 53.1 Å². The monoisotopic (exact) mass is 596 g/mol. The molecule has 0 aromatic heterocycles. The van der Waals surface area contributed by atoms with Gasteiger partial charge < -0.3 is 24.4 Å². The molecule has 0 radical (unpaired) electrons. The number of benzene rings is 2. The molecule has 2 amide bonds. The highest BCUT2D eigenvalue weighted by molar-refractivity contribution is 6.01. The minimum Gasteiger partial charge on any atom is -0.493 e. The molecule has 234 valence electrons. The Kier molecular flexibility index (Phi) is 11.7. The van der Waals surface area contributed by atoms with Crippen LogP contribution in [0.25, 0.3) is 0 Å². The normalized spacial score (nSPS) is 17.2. The Hall–Kier alpha value is -3.79. The largest absolute Gasteiger partial charge is 0.503 e. The van der Waals surface area contributed by atoms with E-state index in [1.807, 2.05) is 6.07 Å². The molecule has 43 heavy (non-hydrogen) atoms. The molecule has 2 N–H and O–H groups in total. The van der Waals surface area contributed by atoms with Crippen molar-refractivity contribution in [3.8, 4) is 17.2 Å². The van der Waals surface area contributed by atoms with Crippen LogP contribution < -0.4 is 14.2 Å². The van der Waals surface area contributed by atoms with E-state index in [0.29, 0.717) is 30.4 Å². The van der Waals surface area contributed by atoms with E-state index in [9.17, 15) is 9.59 Å². The Morgan fingerprint density at radius 2 is 1.74 bits per heavy atom. The van der Waals surface area contributed by atoms with Crippen LogP contribution in [0.5, 0.6) is 17.2 Å². The van der Waals surface area contributed by atoms with Crippen molar-refractivity contribution < 1.29 is 38.8 Å². The first-order valence-electron chi connectivity index (χ1n) is 15.3.